The van der Waals surface area contributed by atoms with Crippen molar-refractivity contribution in [2.75, 3.05) is 13.1 Å². The van der Waals surface area contributed by atoms with Crippen LogP contribution in [-0.2, 0) is 11.2 Å². The maximum Gasteiger partial charge on any atom is 0.270 e. The molecule has 6 nitrogen and oxygen atoms in total. The fourth-order valence-electron chi connectivity index (χ4n) is 2.74. The quantitative estimate of drug-likeness (QED) is 0.615. The number of carbonyl (C=O) groups excluding carboxylic acids is 1. The predicted octanol–water partition coefficient (Wildman–Crippen LogP) is 2.91. The summed E-state index contributed by atoms with van der Waals surface area (Å²) in [6.45, 7) is 3.47. The highest BCUT2D eigenvalue weighted by molar-refractivity contribution is 9.10. The molecule has 1 amide bonds. The van der Waals surface area contributed by atoms with Gasteiger partial charge in [-0.3, -0.25) is 14.9 Å². The van der Waals surface area contributed by atoms with Gasteiger partial charge in [0.25, 0.3) is 5.69 Å². The number of rotatable bonds is 4. The van der Waals surface area contributed by atoms with Crippen molar-refractivity contribution in [1.82, 2.24) is 4.90 Å². The number of nitro benzene ring substituents is 1. The summed E-state index contributed by atoms with van der Waals surface area (Å²) >= 11 is 3.30. The second kappa shape index (κ2) is 8.61. The molecule has 1 fully saturated rings. The maximum absolute atomic E-state index is 12.4. The Labute approximate surface area is 150 Å². The Morgan fingerprint density at radius 2 is 2.09 bits per heavy atom. The van der Waals surface area contributed by atoms with Crippen LogP contribution in [-0.4, -0.2) is 34.9 Å². The van der Waals surface area contributed by atoms with Gasteiger partial charge in [0.05, 0.1) is 11.3 Å². The molecule has 1 atom stereocenters. The van der Waals surface area contributed by atoms with Gasteiger partial charge in [0.15, 0.2) is 0 Å². The van der Waals surface area contributed by atoms with Gasteiger partial charge in [-0.15, -0.1) is 12.4 Å². The molecule has 2 rings (SSSR count). The summed E-state index contributed by atoms with van der Waals surface area (Å²) in [7, 11) is 0. The van der Waals surface area contributed by atoms with Crippen LogP contribution in [0.25, 0.3) is 0 Å². The summed E-state index contributed by atoms with van der Waals surface area (Å²) in [4.78, 5) is 24.5. The Balaban J connectivity index is 0.00000264. The van der Waals surface area contributed by atoms with E-state index >= 15 is 0 Å². The summed E-state index contributed by atoms with van der Waals surface area (Å²) in [6.07, 6.45) is 2.12. The van der Waals surface area contributed by atoms with Crippen molar-refractivity contribution in [2.45, 2.75) is 32.2 Å². The molecule has 0 saturated carbocycles. The lowest BCUT2D eigenvalue weighted by atomic mass is 9.91. The van der Waals surface area contributed by atoms with Crippen LogP contribution in [0.5, 0.6) is 0 Å². The summed E-state index contributed by atoms with van der Waals surface area (Å²) in [5, 5.41) is 10.7. The van der Waals surface area contributed by atoms with E-state index in [0.29, 0.717) is 10.4 Å². The number of benzene rings is 1. The van der Waals surface area contributed by atoms with Crippen LogP contribution in [0.2, 0.25) is 0 Å². The molecule has 0 aliphatic carbocycles. The highest BCUT2D eigenvalue weighted by atomic mass is 79.9. The SMILES string of the molecule is CC(N)C1CCN(C(=O)Cc2ccc([N+](=O)[O-])cc2Br)CC1.Cl. The normalized spacial score (nSPS) is 16.6. The van der Waals surface area contributed by atoms with Crippen LogP contribution >= 0.6 is 28.3 Å². The zero-order valence-corrected chi connectivity index (χ0v) is 15.3. The van der Waals surface area contributed by atoms with E-state index in [0.717, 1.165) is 31.5 Å². The van der Waals surface area contributed by atoms with Gasteiger partial charge in [-0.1, -0.05) is 22.0 Å². The van der Waals surface area contributed by atoms with Gasteiger partial charge < -0.3 is 10.6 Å². The third-order valence-corrected chi connectivity index (χ3v) is 4.96. The summed E-state index contributed by atoms with van der Waals surface area (Å²) in [5.74, 6) is 0.535. The van der Waals surface area contributed by atoms with Gasteiger partial charge in [0.2, 0.25) is 5.91 Å². The molecule has 0 aromatic heterocycles. The Kier molecular flexibility index (Phi) is 7.44. The van der Waals surface area contributed by atoms with Gasteiger partial charge >= 0.3 is 0 Å². The third-order valence-electron chi connectivity index (χ3n) is 4.23. The minimum Gasteiger partial charge on any atom is -0.342 e. The van der Waals surface area contributed by atoms with E-state index in [9.17, 15) is 14.9 Å². The molecule has 1 aliphatic rings. The average molecular weight is 407 g/mol. The second-order valence-electron chi connectivity index (χ2n) is 5.79. The Hall–Kier alpha value is -1.18. The minimum atomic E-state index is -0.449. The third kappa shape index (κ3) is 5.16. The number of likely N-dealkylation sites (tertiary alicyclic amines) is 1. The number of nitro groups is 1. The molecule has 1 aromatic rings. The fraction of sp³-hybridized carbons (Fsp3) is 0.533. The van der Waals surface area contributed by atoms with E-state index < -0.39 is 4.92 Å². The van der Waals surface area contributed by atoms with Crippen molar-refractivity contribution in [3.05, 3.63) is 38.3 Å². The van der Waals surface area contributed by atoms with E-state index in [2.05, 4.69) is 15.9 Å². The van der Waals surface area contributed by atoms with E-state index in [1.807, 2.05) is 11.8 Å². The Morgan fingerprint density at radius 3 is 2.57 bits per heavy atom. The molecule has 1 unspecified atom stereocenters. The fourth-order valence-corrected chi connectivity index (χ4v) is 3.25. The van der Waals surface area contributed by atoms with Crippen LogP contribution in [0, 0.1) is 16.0 Å². The summed E-state index contributed by atoms with van der Waals surface area (Å²) in [6, 6.07) is 4.66. The van der Waals surface area contributed by atoms with Crippen LogP contribution in [0.1, 0.15) is 25.3 Å². The lowest BCUT2D eigenvalue weighted by molar-refractivity contribution is -0.384. The van der Waals surface area contributed by atoms with Crippen molar-refractivity contribution in [1.29, 1.82) is 0 Å². The van der Waals surface area contributed by atoms with Crippen molar-refractivity contribution in [3.63, 3.8) is 0 Å². The summed E-state index contributed by atoms with van der Waals surface area (Å²) in [5.41, 5.74) is 6.69. The zero-order valence-electron chi connectivity index (χ0n) is 12.9. The molecule has 1 aromatic carbocycles. The summed E-state index contributed by atoms with van der Waals surface area (Å²) < 4.78 is 0.598. The predicted molar refractivity (Wildman–Crippen MR) is 94.7 cm³/mol. The standard InChI is InChI=1S/C15H20BrN3O3.ClH/c1-10(17)11-4-6-18(7-5-11)15(20)8-12-2-3-13(19(21)22)9-14(12)16;/h2-3,9-11H,4-8,17H2,1H3;1H. The van der Waals surface area contributed by atoms with Crippen molar-refractivity contribution in [3.8, 4) is 0 Å². The molecule has 0 radical (unpaired) electrons. The number of nitrogens with two attached hydrogens (primary N) is 1. The largest absolute Gasteiger partial charge is 0.342 e. The van der Waals surface area contributed by atoms with E-state index in [1.165, 1.54) is 12.1 Å². The first-order valence-corrected chi connectivity index (χ1v) is 8.14. The van der Waals surface area contributed by atoms with Gasteiger partial charge in [0.1, 0.15) is 0 Å². The smallest absolute Gasteiger partial charge is 0.270 e. The Bertz CT molecular complexity index is 575. The number of hydrogen-bond acceptors (Lipinski definition) is 4. The number of carbonyl (C=O) groups is 1. The zero-order chi connectivity index (χ0) is 16.3. The van der Waals surface area contributed by atoms with E-state index in [1.54, 1.807) is 6.07 Å². The average Bonchev–Trinajstić information content (AvgIpc) is 2.49. The maximum atomic E-state index is 12.4. The molecule has 128 valence electrons. The van der Waals surface area contributed by atoms with Crippen LogP contribution in [0.15, 0.2) is 22.7 Å². The number of hydrogen-bond donors (Lipinski definition) is 1. The first-order valence-electron chi connectivity index (χ1n) is 7.34. The molecule has 23 heavy (non-hydrogen) atoms. The number of halogens is 2. The van der Waals surface area contributed by atoms with E-state index in [4.69, 9.17) is 5.73 Å². The lowest BCUT2D eigenvalue weighted by Gasteiger charge is -2.33. The van der Waals surface area contributed by atoms with Crippen molar-refractivity contribution in [2.24, 2.45) is 11.7 Å². The number of amides is 1. The number of non-ortho nitro benzene ring substituents is 1. The van der Waals surface area contributed by atoms with E-state index in [-0.39, 0.29) is 36.5 Å². The van der Waals surface area contributed by atoms with Crippen LogP contribution < -0.4 is 5.73 Å². The first-order chi connectivity index (χ1) is 10.4. The highest BCUT2D eigenvalue weighted by Gasteiger charge is 2.25. The molecule has 1 aliphatic heterocycles. The highest BCUT2D eigenvalue weighted by Crippen LogP contribution is 2.25. The second-order valence-corrected chi connectivity index (χ2v) is 6.64. The molecular formula is C15H21BrClN3O3. The minimum absolute atomic E-state index is 0. The first kappa shape index (κ1) is 19.9. The van der Waals surface area contributed by atoms with Crippen LogP contribution in [0.4, 0.5) is 5.69 Å². The molecule has 0 bridgehead atoms. The molecular weight excluding hydrogens is 386 g/mol. The van der Waals surface area contributed by atoms with Gasteiger partial charge in [0, 0.05) is 35.7 Å². The van der Waals surface area contributed by atoms with Gasteiger partial charge in [-0.05, 0) is 31.2 Å². The molecule has 8 heteroatoms. The van der Waals surface area contributed by atoms with Crippen molar-refractivity contribution >= 4 is 39.9 Å². The number of nitrogens with zero attached hydrogens (tertiary/aromatic N) is 2. The number of piperidine rings is 1. The molecule has 2 N–H and O–H groups in total. The molecule has 1 saturated heterocycles. The van der Waals surface area contributed by atoms with Crippen molar-refractivity contribution < 1.29 is 9.72 Å². The van der Waals surface area contributed by atoms with Gasteiger partial charge in [-0.2, -0.15) is 0 Å². The molecule has 0 spiro atoms. The monoisotopic (exact) mass is 405 g/mol. The van der Waals surface area contributed by atoms with Crippen LogP contribution in [0.3, 0.4) is 0 Å². The Morgan fingerprint density at radius 1 is 1.48 bits per heavy atom. The topological polar surface area (TPSA) is 89.5 Å². The molecule has 1 heterocycles. The van der Waals surface area contributed by atoms with Gasteiger partial charge in [-0.25, -0.2) is 0 Å². The lowest BCUT2D eigenvalue weighted by Crippen LogP contribution is -2.43.